The number of nitrogens with zero attached hydrogens (tertiary/aromatic N) is 6. The van der Waals surface area contributed by atoms with Gasteiger partial charge in [-0.25, -0.2) is 9.97 Å². The summed E-state index contributed by atoms with van der Waals surface area (Å²) in [6.45, 7) is 2.89. The predicted octanol–water partition coefficient (Wildman–Crippen LogP) is 3.31. The molecule has 4 heterocycles. The summed E-state index contributed by atoms with van der Waals surface area (Å²) >= 11 is 1.72. The van der Waals surface area contributed by atoms with Gasteiger partial charge in [0.1, 0.15) is 5.82 Å². The van der Waals surface area contributed by atoms with Crippen molar-refractivity contribution in [3.8, 4) is 5.82 Å². The lowest BCUT2D eigenvalue weighted by molar-refractivity contribution is 0.514. The van der Waals surface area contributed by atoms with Crippen LogP contribution in [0.4, 0.5) is 0 Å². The van der Waals surface area contributed by atoms with Gasteiger partial charge in [0.2, 0.25) is 0 Å². The number of rotatable bonds is 6. The fraction of sp³-hybridized carbons (Fsp3) is 0.222. The van der Waals surface area contributed by atoms with Crippen LogP contribution in [0.3, 0.4) is 0 Å². The molecule has 1 unspecified atom stereocenters. The monoisotopic (exact) mass is 350 g/mol. The zero-order valence-corrected chi connectivity index (χ0v) is 14.7. The average Bonchev–Trinajstić information content (AvgIpc) is 3.37. The molecule has 0 radical (unpaired) electrons. The van der Waals surface area contributed by atoms with E-state index in [0.717, 1.165) is 30.4 Å². The van der Waals surface area contributed by atoms with Crippen LogP contribution in [0.15, 0.2) is 60.4 Å². The Morgan fingerprint density at radius 3 is 2.80 bits per heavy atom. The molecule has 7 heteroatoms. The van der Waals surface area contributed by atoms with Crippen molar-refractivity contribution in [2.75, 3.05) is 0 Å². The summed E-state index contributed by atoms with van der Waals surface area (Å²) < 4.78 is 3.78. The van der Waals surface area contributed by atoms with Crippen LogP contribution in [0.2, 0.25) is 0 Å². The van der Waals surface area contributed by atoms with E-state index in [9.17, 15) is 0 Å². The Morgan fingerprint density at radius 1 is 1.12 bits per heavy atom. The Labute approximate surface area is 149 Å². The molecule has 0 bridgehead atoms. The molecule has 1 atom stereocenters. The maximum Gasteiger partial charge on any atom is 0.156 e. The quantitative estimate of drug-likeness (QED) is 0.535. The van der Waals surface area contributed by atoms with Crippen molar-refractivity contribution < 1.29 is 0 Å². The van der Waals surface area contributed by atoms with Crippen molar-refractivity contribution >= 4 is 11.3 Å². The summed E-state index contributed by atoms with van der Waals surface area (Å²) in [5.74, 6) is 2.66. The van der Waals surface area contributed by atoms with Gasteiger partial charge in [0.25, 0.3) is 0 Å². The third-order valence-corrected chi connectivity index (χ3v) is 4.79. The van der Waals surface area contributed by atoms with Gasteiger partial charge < -0.3 is 0 Å². The summed E-state index contributed by atoms with van der Waals surface area (Å²) in [7, 11) is 0. The van der Waals surface area contributed by atoms with E-state index in [4.69, 9.17) is 10.1 Å². The number of thiophene rings is 1. The molecule has 0 saturated heterocycles. The SMILES string of the molecule is CC(Cn1cccn1)c1nc(Cc2cccs2)nn1-c1ccccn1. The van der Waals surface area contributed by atoms with E-state index in [1.54, 1.807) is 23.7 Å². The van der Waals surface area contributed by atoms with Crippen molar-refractivity contribution in [2.45, 2.75) is 25.8 Å². The largest absolute Gasteiger partial charge is 0.272 e. The van der Waals surface area contributed by atoms with Gasteiger partial charge in [-0.15, -0.1) is 16.4 Å². The fourth-order valence-electron chi connectivity index (χ4n) is 2.75. The summed E-state index contributed by atoms with van der Waals surface area (Å²) in [6, 6.07) is 11.9. The highest BCUT2D eigenvalue weighted by Gasteiger charge is 2.19. The third-order valence-electron chi connectivity index (χ3n) is 3.92. The lowest BCUT2D eigenvalue weighted by atomic mass is 10.1. The maximum atomic E-state index is 4.82. The van der Waals surface area contributed by atoms with Crippen molar-refractivity contribution in [3.63, 3.8) is 0 Å². The molecular weight excluding hydrogens is 332 g/mol. The third kappa shape index (κ3) is 3.51. The highest BCUT2D eigenvalue weighted by Crippen LogP contribution is 2.20. The van der Waals surface area contributed by atoms with Gasteiger partial charge in [0.05, 0.1) is 6.54 Å². The molecule has 0 saturated carbocycles. The summed E-state index contributed by atoms with van der Waals surface area (Å²) in [5.41, 5.74) is 0. The predicted molar refractivity (Wildman–Crippen MR) is 96.9 cm³/mol. The van der Waals surface area contributed by atoms with Gasteiger partial charge in [-0.3, -0.25) is 4.68 Å². The molecule has 0 amide bonds. The first-order valence-electron chi connectivity index (χ1n) is 8.16. The molecule has 0 spiro atoms. The average molecular weight is 350 g/mol. The lowest BCUT2D eigenvalue weighted by Gasteiger charge is -2.12. The van der Waals surface area contributed by atoms with Gasteiger partial charge >= 0.3 is 0 Å². The van der Waals surface area contributed by atoms with Crippen LogP contribution in [-0.4, -0.2) is 29.5 Å². The Hall–Kier alpha value is -2.80. The molecule has 0 aliphatic rings. The Balaban J connectivity index is 1.68. The van der Waals surface area contributed by atoms with E-state index in [1.165, 1.54) is 4.88 Å². The molecule has 0 fully saturated rings. The molecule has 25 heavy (non-hydrogen) atoms. The van der Waals surface area contributed by atoms with Crippen LogP contribution in [-0.2, 0) is 13.0 Å². The zero-order chi connectivity index (χ0) is 17.1. The van der Waals surface area contributed by atoms with Crippen LogP contribution in [0.25, 0.3) is 5.82 Å². The van der Waals surface area contributed by atoms with Gasteiger partial charge in [-0.2, -0.15) is 9.78 Å². The smallest absolute Gasteiger partial charge is 0.156 e. The molecule has 4 rings (SSSR count). The van der Waals surface area contributed by atoms with Crippen LogP contribution in [0.1, 0.15) is 29.4 Å². The van der Waals surface area contributed by atoms with Crippen molar-refractivity contribution in [1.82, 2.24) is 29.5 Å². The van der Waals surface area contributed by atoms with Crippen LogP contribution < -0.4 is 0 Å². The number of pyridine rings is 1. The van der Waals surface area contributed by atoms with Crippen molar-refractivity contribution in [1.29, 1.82) is 0 Å². The number of aromatic nitrogens is 6. The summed E-state index contributed by atoms with van der Waals surface area (Å²) in [4.78, 5) is 10.5. The minimum atomic E-state index is 0.159. The highest BCUT2D eigenvalue weighted by molar-refractivity contribution is 7.09. The minimum absolute atomic E-state index is 0.159. The molecule has 4 aromatic heterocycles. The van der Waals surface area contributed by atoms with E-state index in [-0.39, 0.29) is 5.92 Å². The normalized spacial score (nSPS) is 12.4. The van der Waals surface area contributed by atoms with Gasteiger partial charge in [0, 0.05) is 35.8 Å². The zero-order valence-electron chi connectivity index (χ0n) is 13.9. The first-order chi connectivity index (χ1) is 12.3. The Morgan fingerprint density at radius 2 is 2.08 bits per heavy atom. The van der Waals surface area contributed by atoms with E-state index >= 15 is 0 Å². The van der Waals surface area contributed by atoms with Gasteiger partial charge in [-0.05, 0) is 29.6 Å². The van der Waals surface area contributed by atoms with E-state index in [0.29, 0.717) is 0 Å². The molecule has 0 N–H and O–H groups in total. The number of hydrogen-bond acceptors (Lipinski definition) is 5. The standard InChI is InChI=1S/C18H18N6S/c1-14(13-23-10-5-9-20-23)18-21-16(12-15-6-4-11-25-15)22-24(18)17-7-2-3-8-19-17/h2-11,14H,12-13H2,1H3. The van der Waals surface area contributed by atoms with Crippen LogP contribution >= 0.6 is 11.3 Å². The molecular formula is C18H18N6S. The molecule has 6 nitrogen and oxygen atoms in total. The molecule has 0 aliphatic carbocycles. The molecule has 126 valence electrons. The first-order valence-corrected chi connectivity index (χ1v) is 9.04. The fourth-order valence-corrected chi connectivity index (χ4v) is 3.45. The highest BCUT2D eigenvalue weighted by atomic mass is 32.1. The van der Waals surface area contributed by atoms with E-state index in [1.807, 2.05) is 39.8 Å². The maximum absolute atomic E-state index is 4.82. The first kappa shape index (κ1) is 15.7. The van der Waals surface area contributed by atoms with Gasteiger partial charge in [-0.1, -0.05) is 19.1 Å². The second-order valence-electron chi connectivity index (χ2n) is 5.87. The molecule has 0 aliphatic heterocycles. The summed E-state index contributed by atoms with van der Waals surface area (Å²) in [6.07, 6.45) is 6.26. The van der Waals surface area contributed by atoms with E-state index in [2.05, 4.69) is 34.5 Å². The van der Waals surface area contributed by atoms with Crippen molar-refractivity contribution in [3.05, 3.63) is 76.9 Å². The topological polar surface area (TPSA) is 61.4 Å². The second-order valence-corrected chi connectivity index (χ2v) is 6.90. The Bertz CT molecular complexity index is 912. The molecule has 4 aromatic rings. The number of hydrogen-bond donors (Lipinski definition) is 0. The van der Waals surface area contributed by atoms with Crippen LogP contribution in [0, 0.1) is 0 Å². The van der Waals surface area contributed by atoms with Crippen LogP contribution in [0.5, 0.6) is 0 Å². The van der Waals surface area contributed by atoms with Gasteiger partial charge in [0.15, 0.2) is 11.6 Å². The lowest BCUT2D eigenvalue weighted by Crippen LogP contribution is -2.13. The second kappa shape index (κ2) is 6.98. The Kier molecular flexibility index (Phi) is 4.39. The minimum Gasteiger partial charge on any atom is -0.272 e. The van der Waals surface area contributed by atoms with Crippen molar-refractivity contribution in [2.24, 2.45) is 0 Å². The molecule has 0 aromatic carbocycles. The van der Waals surface area contributed by atoms with E-state index < -0.39 is 0 Å². The summed E-state index contributed by atoms with van der Waals surface area (Å²) in [5, 5.41) is 11.1.